The molecule has 0 spiro atoms. The Morgan fingerprint density at radius 3 is 2.78 bits per heavy atom. The molecule has 100 valence electrons. The molecule has 1 saturated heterocycles. The Bertz CT molecular complexity index is 369. The average Bonchev–Trinajstić information content (AvgIpc) is 2.85. The highest BCUT2D eigenvalue weighted by Crippen LogP contribution is 2.19. The molecule has 4 heteroatoms. The van der Waals surface area contributed by atoms with Crippen molar-refractivity contribution >= 4 is 0 Å². The minimum Gasteiger partial charge on any atom is -0.388 e. The highest BCUT2D eigenvalue weighted by molar-refractivity contribution is 5.18. The number of methoxy groups -OCH3 is 1. The number of hydrogen-bond acceptors (Lipinski definition) is 3. The van der Waals surface area contributed by atoms with Crippen molar-refractivity contribution in [2.75, 3.05) is 26.7 Å². The van der Waals surface area contributed by atoms with Crippen LogP contribution < -0.4 is 0 Å². The molecular weight excluding hydrogens is 233 g/mol. The van der Waals surface area contributed by atoms with Gasteiger partial charge in [-0.1, -0.05) is 12.1 Å². The monoisotopic (exact) mass is 253 g/mol. The zero-order valence-electron chi connectivity index (χ0n) is 10.7. The molecule has 3 nitrogen and oxygen atoms in total. The highest BCUT2D eigenvalue weighted by Gasteiger charge is 2.22. The molecule has 0 saturated carbocycles. The number of benzene rings is 1. The predicted octanol–water partition coefficient (Wildman–Crippen LogP) is 1.97. The minimum atomic E-state index is -0.521. The van der Waals surface area contributed by atoms with Crippen LogP contribution in [0.2, 0.25) is 0 Å². The Balaban J connectivity index is 1.78. The van der Waals surface area contributed by atoms with E-state index in [1.54, 1.807) is 19.2 Å². The summed E-state index contributed by atoms with van der Waals surface area (Å²) >= 11 is 0. The van der Waals surface area contributed by atoms with Gasteiger partial charge < -0.3 is 14.7 Å². The van der Waals surface area contributed by atoms with Crippen LogP contribution in [0.4, 0.5) is 4.39 Å². The topological polar surface area (TPSA) is 32.7 Å². The lowest BCUT2D eigenvalue weighted by Crippen LogP contribution is -2.25. The van der Waals surface area contributed by atoms with Gasteiger partial charge in [0.05, 0.1) is 12.2 Å². The van der Waals surface area contributed by atoms with Crippen molar-refractivity contribution in [3.63, 3.8) is 0 Å². The van der Waals surface area contributed by atoms with E-state index in [-0.39, 0.29) is 5.82 Å². The van der Waals surface area contributed by atoms with Gasteiger partial charge in [0.2, 0.25) is 0 Å². The first kappa shape index (κ1) is 13.5. The summed E-state index contributed by atoms with van der Waals surface area (Å²) in [5, 5.41) is 10.0. The third-order valence-electron chi connectivity index (χ3n) is 3.54. The van der Waals surface area contributed by atoms with Crippen molar-refractivity contribution in [1.29, 1.82) is 0 Å². The summed E-state index contributed by atoms with van der Waals surface area (Å²) in [4.78, 5) is 2.29. The first-order valence-electron chi connectivity index (χ1n) is 6.37. The van der Waals surface area contributed by atoms with Crippen LogP contribution >= 0.6 is 0 Å². The summed E-state index contributed by atoms with van der Waals surface area (Å²) in [7, 11) is 1.74. The van der Waals surface area contributed by atoms with Crippen LogP contribution in [-0.2, 0) is 4.74 Å². The first-order chi connectivity index (χ1) is 8.69. The molecule has 2 atom stereocenters. The van der Waals surface area contributed by atoms with Crippen molar-refractivity contribution < 1.29 is 14.2 Å². The molecule has 1 aliphatic heterocycles. The third kappa shape index (κ3) is 3.51. The largest absolute Gasteiger partial charge is 0.388 e. The number of nitrogens with zero attached hydrogens (tertiary/aromatic N) is 1. The number of halogens is 1. The maximum absolute atomic E-state index is 12.8. The standard InChI is InChI=1S/C14H20FNO2/c1-18-13-6-8-16(10-13)9-7-14(17)11-2-4-12(15)5-3-11/h2-5,13-14,17H,6-10H2,1H3. The lowest BCUT2D eigenvalue weighted by molar-refractivity contribution is 0.102. The predicted molar refractivity (Wildman–Crippen MR) is 67.8 cm³/mol. The van der Waals surface area contributed by atoms with Gasteiger partial charge in [0, 0.05) is 26.7 Å². The van der Waals surface area contributed by atoms with Crippen molar-refractivity contribution in [2.45, 2.75) is 25.0 Å². The molecule has 1 aliphatic rings. The molecule has 1 aromatic rings. The second kappa shape index (κ2) is 6.27. The summed E-state index contributed by atoms with van der Waals surface area (Å²) in [6.45, 7) is 2.81. The van der Waals surface area contributed by atoms with Crippen LogP contribution in [0, 0.1) is 5.82 Å². The van der Waals surface area contributed by atoms with Crippen LogP contribution in [0.3, 0.4) is 0 Å². The second-order valence-electron chi connectivity index (χ2n) is 4.80. The van der Waals surface area contributed by atoms with E-state index in [9.17, 15) is 9.50 Å². The van der Waals surface area contributed by atoms with E-state index in [1.807, 2.05) is 0 Å². The molecule has 0 amide bonds. The Morgan fingerprint density at radius 2 is 2.17 bits per heavy atom. The molecule has 0 aliphatic carbocycles. The number of rotatable bonds is 5. The van der Waals surface area contributed by atoms with Crippen LogP contribution in [0.25, 0.3) is 0 Å². The molecule has 1 fully saturated rings. The van der Waals surface area contributed by atoms with Gasteiger partial charge in [0.25, 0.3) is 0 Å². The van der Waals surface area contributed by atoms with Crippen molar-refractivity contribution in [3.05, 3.63) is 35.6 Å². The minimum absolute atomic E-state index is 0.270. The molecule has 18 heavy (non-hydrogen) atoms. The smallest absolute Gasteiger partial charge is 0.123 e. The second-order valence-corrected chi connectivity index (χ2v) is 4.80. The SMILES string of the molecule is COC1CCN(CCC(O)c2ccc(F)cc2)C1. The molecule has 0 radical (unpaired) electrons. The molecule has 0 aromatic heterocycles. The summed E-state index contributed by atoms with van der Waals surface area (Å²) < 4.78 is 18.1. The van der Waals surface area contributed by atoms with Gasteiger partial charge in [-0.25, -0.2) is 4.39 Å². The van der Waals surface area contributed by atoms with Gasteiger partial charge in [-0.15, -0.1) is 0 Å². The lowest BCUT2D eigenvalue weighted by Gasteiger charge is -2.18. The Morgan fingerprint density at radius 1 is 1.44 bits per heavy atom. The van der Waals surface area contributed by atoms with E-state index in [0.717, 1.165) is 31.6 Å². The van der Waals surface area contributed by atoms with E-state index in [1.165, 1.54) is 12.1 Å². The molecule has 1 N–H and O–H groups in total. The van der Waals surface area contributed by atoms with E-state index < -0.39 is 6.10 Å². The van der Waals surface area contributed by atoms with Gasteiger partial charge in [0.15, 0.2) is 0 Å². The molecule has 2 unspecified atom stereocenters. The lowest BCUT2D eigenvalue weighted by atomic mass is 10.1. The summed E-state index contributed by atoms with van der Waals surface area (Å²) in [5.41, 5.74) is 0.777. The average molecular weight is 253 g/mol. The zero-order valence-corrected chi connectivity index (χ0v) is 10.7. The fourth-order valence-electron chi connectivity index (χ4n) is 2.35. The van der Waals surface area contributed by atoms with Gasteiger partial charge in [-0.3, -0.25) is 0 Å². The van der Waals surface area contributed by atoms with Gasteiger partial charge in [-0.2, -0.15) is 0 Å². The first-order valence-corrected chi connectivity index (χ1v) is 6.37. The van der Waals surface area contributed by atoms with Gasteiger partial charge in [-0.05, 0) is 30.5 Å². The quantitative estimate of drug-likeness (QED) is 0.871. The van der Waals surface area contributed by atoms with E-state index >= 15 is 0 Å². The van der Waals surface area contributed by atoms with E-state index in [4.69, 9.17) is 4.74 Å². The fourth-order valence-corrected chi connectivity index (χ4v) is 2.35. The van der Waals surface area contributed by atoms with Crippen molar-refractivity contribution in [2.24, 2.45) is 0 Å². The number of aliphatic hydroxyl groups excluding tert-OH is 1. The summed E-state index contributed by atoms with van der Waals surface area (Å²) in [6.07, 6.45) is 1.53. The van der Waals surface area contributed by atoms with Gasteiger partial charge >= 0.3 is 0 Å². The number of aliphatic hydroxyl groups is 1. The zero-order chi connectivity index (χ0) is 13.0. The number of hydrogen-bond donors (Lipinski definition) is 1. The summed E-state index contributed by atoms with van der Waals surface area (Å²) in [6, 6.07) is 6.05. The maximum Gasteiger partial charge on any atom is 0.123 e. The van der Waals surface area contributed by atoms with Crippen molar-refractivity contribution in [3.8, 4) is 0 Å². The molecule has 0 bridgehead atoms. The van der Waals surface area contributed by atoms with Crippen LogP contribution in [0.1, 0.15) is 24.5 Å². The highest BCUT2D eigenvalue weighted by atomic mass is 19.1. The Labute approximate surface area is 107 Å². The van der Waals surface area contributed by atoms with E-state index in [2.05, 4.69) is 4.90 Å². The van der Waals surface area contributed by atoms with Crippen LogP contribution in [-0.4, -0.2) is 42.9 Å². The Hall–Kier alpha value is -0.970. The van der Waals surface area contributed by atoms with Gasteiger partial charge in [0.1, 0.15) is 5.82 Å². The number of ether oxygens (including phenoxy) is 1. The number of likely N-dealkylation sites (tertiary alicyclic amines) is 1. The van der Waals surface area contributed by atoms with E-state index in [0.29, 0.717) is 12.5 Å². The Kier molecular flexibility index (Phi) is 4.69. The van der Waals surface area contributed by atoms with Crippen LogP contribution in [0.15, 0.2) is 24.3 Å². The molecule has 2 rings (SSSR count). The molecule has 1 aromatic carbocycles. The fraction of sp³-hybridized carbons (Fsp3) is 0.571. The van der Waals surface area contributed by atoms with Crippen LogP contribution in [0.5, 0.6) is 0 Å². The third-order valence-corrected chi connectivity index (χ3v) is 3.54. The normalized spacial score (nSPS) is 22.3. The van der Waals surface area contributed by atoms with Crippen molar-refractivity contribution in [1.82, 2.24) is 4.90 Å². The maximum atomic E-state index is 12.8. The summed E-state index contributed by atoms with van der Waals surface area (Å²) in [5.74, 6) is -0.270. The molecule has 1 heterocycles. The molecular formula is C14H20FNO2.